The van der Waals surface area contributed by atoms with Crippen LogP contribution in [0.4, 0.5) is 10.2 Å². The van der Waals surface area contributed by atoms with E-state index in [9.17, 15) is 9.18 Å². The minimum Gasteiger partial charge on any atom is -0.359 e. The second-order valence-electron chi connectivity index (χ2n) is 9.59. The number of rotatable bonds is 6. The van der Waals surface area contributed by atoms with Crippen molar-refractivity contribution in [3.05, 3.63) is 114 Å². The van der Waals surface area contributed by atoms with Gasteiger partial charge in [0.25, 0.3) is 5.56 Å². The average molecular weight is 516 g/mol. The van der Waals surface area contributed by atoms with E-state index in [4.69, 9.17) is 4.98 Å². The van der Waals surface area contributed by atoms with Gasteiger partial charge in [-0.15, -0.1) is 0 Å². The number of benzene rings is 3. The van der Waals surface area contributed by atoms with Gasteiger partial charge in [-0.25, -0.2) is 29.3 Å². The Labute approximate surface area is 222 Å². The van der Waals surface area contributed by atoms with Crippen molar-refractivity contribution in [3.8, 4) is 16.8 Å². The number of nitrogens with one attached hydrogen (secondary N) is 1. The van der Waals surface area contributed by atoms with Crippen molar-refractivity contribution in [2.75, 3.05) is 5.32 Å². The molecule has 7 rings (SSSR count). The van der Waals surface area contributed by atoms with Gasteiger partial charge in [-0.05, 0) is 54.7 Å². The van der Waals surface area contributed by atoms with E-state index in [0.29, 0.717) is 44.7 Å². The Morgan fingerprint density at radius 1 is 0.846 bits per heavy atom. The van der Waals surface area contributed by atoms with Crippen molar-refractivity contribution < 1.29 is 4.39 Å². The van der Waals surface area contributed by atoms with Crippen molar-refractivity contribution >= 4 is 27.6 Å². The SMILES string of the molecule is O=c1c2c(-c3cncnc3)cccc2nc(C(Nc2ncnc3cccc(F)c23)C2CC2)n1-c1ccccc1. The van der Waals surface area contributed by atoms with Gasteiger partial charge in [-0.3, -0.25) is 9.36 Å². The zero-order chi connectivity index (χ0) is 26.3. The van der Waals surface area contributed by atoms with E-state index in [0.717, 1.165) is 18.4 Å². The van der Waals surface area contributed by atoms with E-state index in [-0.39, 0.29) is 17.5 Å². The first kappa shape index (κ1) is 23.1. The van der Waals surface area contributed by atoms with Crippen molar-refractivity contribution in [1.29, 1.82) is 0 Å². The van der Waals surface area contributed by atoms with Crippen LogP contribution in [0.15, 0.2) is 96.6 Å². The molecule has 0 amide bonds. The number of fused-ring (bicyclic) bond motifs is 2. The highest BCUT2D eigenvalue weighted by molar-refractivity contribution is 5.94. The summed E-state index contributed by atoms with van der Waals surface area (Å²) in [4.78, 5) is 36.4. The van der Waals surface area contributed by atoms with Crippen LogP contribution in [-0.2, 0) is 0 Å². The van der Waals surface area contributed by atoms with E-state index < -0.39 is 5.82 Å². The summed E-state index contributed by atoms with van der Waals surface area (Å²) < 4.78 is 16.6. The highest BCUT2D eigenvalue weighted by Gasteiger charge is 2.37. The lowest BCUT2D eigenvalue weighted by Gasteiger charge is -2.24. The third kappa shape index (κ3) is 4.08. The van der Waals surface area contributed by atoms with Gasteiger partial charge in [0.2, 0.25) is 0 Å². The monoisotopic (exact) mass is 515 g/mol. The molecular formula is C30H22FN7O. The summed E-state index contributed by atoms with van der Waals surface area (Å²) in [6.07, 6.45) is 8.15. The van der Waals surface area contributed by atoms with E-state index >= 15 is 0 Å². The van der Waals surface area contributed by atoms with Gasteiger partial charge in [-0.1, -0.05) is 36.4 Å². The Bertz CT molecular complexity index is 1880. The molecule has 1 unspecified atom stereocenters. The van der Waals surface area contributed by atoms with Crippen molar-refractivity contribution in [1.82, 2.24) is 29.5 Å². The summed E-state index contributed by atoms with van der Waals surface area (Å²) in [5.41, 5.74) is 3.00. The van der Waals surface area contributed by atoms with Crippen LogP contribution in [0.25, 0.3) is 38.6 Å². The number of para-hydroxylation sites is 1. The largest absolute Gasteiger partial charge is 0.359 e. The predicted octanol–water partition coefficient (Wildman–Crippen LogP) is 5.49. The molecular weight excluding hydrogens is 493 g/mol. The molecule has 1 atom stereocenters. The maximum atomic E-state index is 14.9. The summed E-state index contributed by atoms with van der Waals surface area (Å²) in [5, 5.41) is 4.25. The van der Waals surface area contributed by atoms with Gasteiger partial charge in [0.1, 0.15) is 30.1 Å². The molecule has 9 heteroatoms. The molecule has 0 aliphatic heterocycles. The molecule has 1 saturated carbocycles. The Morgan fingerprint density at radius 2 is 1.62 bits per heavy atom. The van der Waals surface area contributed by atoms with Gasteiger partial charge in [-0.2, -0.15) is 0 Å². The lowest BCUT2D eigenvalue weighted by molar-refractivity contribution is 0.607. The molecule has 0 bridgehead atoms. The minimum absolute atomic E-state index is 0.201. The van der Waals surface area contributed by atoms with Crippen LogP contribution >= 0.6 is 0 Å². The average Bonchev–Trinajstić information content (AvgIpc) is 3.82. The van der Waals surface area contributed by atoms with Gasteiger partial charge < -0.3 is 5.32 Å². The molecule has 3 aromatic heterocycles. The smallest absolute Gasteiger partial charge is 0.266 e. The molecule has 1 fully saturated rings. The van der Waals surface area contributed by atoms with Crippen LogP contribution in [0.3, 0.4) is 0 Å². The lowest BCUT2D eigenvalue weighted by Crippen LogP contribution is -2.29. The van der Waals surface area contributed by atoms with E-state index in [1.165, 1.54) is 18.7 Å². The van der Waals surface area contributed by atoms with E-state index in [1.54, 1.807) is 29.1 Å². The number of halogens is 1. The van der Waals surface area contributed by atoms with Gasteiger partial charge >= 0.3 is 0 Å². The third-order valence-corrected chi connectivity index (χ3v) is 7.09. The molecule has 1 aliphatic rings. The first-order chi connectivity index (χ1) is 19.2. The van der Waals surface area contributed by atoms with Gasteiger partial charge in [0.15, 0.2) is 0 Å². The molecule has 190 valence electrons. The highest BCUT2D eigenvalue weighted by atomic mass is 19.1. The second kappa shape index (κ2) is 9.36. The van der Waals surface area contributed by atoms with E-state index in [1.807, 2.05) is 48.5 Å². The normalized spacial score (nSPS) is 14.0. The molecule has 3 heterocycles. The molecule has 6 aromatic rings. The molecule has 0 saturated heterocycles. The summed E-state index contributed by atoms with van der Waals surface area (Å²) in [6.45, 7) is 0. The van der Waals surface area contributed by atoms with Crippen LogP contribution in [-0.4, -0.2) is 29.5 Å². The summed E-state index contributed by atoms with van der Waals surface area (Å²) >= 11 is 0. The first-order valence-corrected chi connectivity index (χ1v) is 12.7. The topological polar surface area (TPSA) is 98.5 Å². The third-order valence-electron chi connectivity index (χ3n) is 7.09. The number of hydrogen-bond donors (Lipinski definition) is 1. The zero-order valence-corrected chi connectivity index (χ0v) is 20.7. The second-order valence-corrected chi connectivity index (χ2v) is 9.59. The Balaban J connectivity index is 1.48. The zero-order valence-electron chi connectivity index (χ0n) is 20.7. The quantitative estimate of drug-likeness (QED) is 0.313. The fourth-order valence-electron chi connectivity index (χ4n) is 5.11. The Hall–Kier alpha value is -5.05. The van der Waals surface area contributed by atoms with Gasteiger partial charge in [0.05, 0.1) is 33.5 Å². The summed E-state index contributed by atoms with van der Waals surface area (Å²) in [5.74, 6) is 0.712. The first-order valence-electron chi connectivity index (χ1n) is 12.7. The minimum atomic E-state index is -0.410. The number of aromatic nitrogens is 6. The number of hydrogen-bond acceptors (Lipinski definition) is 7. The lowest BCUT2D eigenvalue weighted by atomic mass is 10.0. The standard InChI is InChI=1S/C30H22FN7O/c31-22-9-5-10-23-26(22)28(35-17-34-23)37-27(18-12-13-18)29-36-24-11-4-8-21(19-14-32-16-33-15-19)25(24)30(39)38(29)20-6-2-1-3-7-20/h1-11,14-18,27H,12-13H2,(H,34,35,37). The Kier molecular flexibility index (Phi) is 5.54. The number of anilines is 1. The van der Waals surface area contributed by atoms with Crippen LogP contribution in [0.1, 0.15) is 24.7 Å². The fourth-order valence-corrected chi connectivity index (χ4v) is 5.11. The maximum absolute atomic E-state index is 14.9. The van der Waals surface area contributed by atoms with Crippen LogP contribution in [0, 0.1) is 11.7 Å². The van der Waals surface area contributed by atoms with Crippen LogP contribution in [0.2, 0.25) is 0 Å². The van der Waals surface area contributed by atoms with Crippen molar-refractivity contribution in [2.45, 2.75) is 18.9 Å². The summed E-state index contributed by atoms with van der Waals surface area (Å²) in [7, 11) is 0. The van der Waals surface area contributed by atoms with Gasteiger partial charge in [0, 0.05) is 18.0 Å². The summed E-state index contributed by atoms with van der Waals surface area (Å²) in [6, 6.07) is 19.4. The highest BCUT2D eigenvalue weighted by Crippen LogP contribution is 2.43. The molecule has 39 heavy (non-hydrogen) atoms. The molecule has 0 radical (unpaired) electrons. The molecule has 1 aliphatic carbocycles. The molecule has 1 N–H and O–H groups in total. The predicted molar refractivity (Wildman–Crippen MR) is 147 cm³/mol. The maximum Gasteiger partial charge on any atom is 0.266 e. The number of nitrogens with zero attached hydrogens (tertiary/aromatic N) is 6. The molecule has 3 aromatic carbocycles. The van der Waals surface area contributed by atoms with E-state index in [2.05, 4.69) is 25.3 Å². The molecule has 8 nitrogen and oxygen atoms in total. The Morgan fingerprint density at radius 3 is 2.41 bits per heavy atom. The van der Waals surface area contributed by atoms with Crippen molar-refractivity contribution in [2.24, 2.45) is 5.92 Å². The fraction of sp³-hybridized carbons (Fsp3) is 0.133. The van der Waals surface area contributed by atoms with Crippen LogP contribution < -0.4 is 10.9 Å². The van der Waals surface area contributed by atoms with Crippen molar-refractivity contribution in [3.63, 3.8) is 0 Å². The van der Waals surface area contributed by atoms with Crippen LogP contribution in [0.5, 0.6) is 0 Å². The molecule has 0 spiro atoms.